The third kappa shape index (κ3) is 17.6. The van der Waals surface area contributed by atoms with Crippen LogP contribution in [0.5, 0.6) is 0 Å². The second-order valence-electron chi connectivity index (χ2n) is 11.9. The Labute approximate surface area is 227 Å². The molecule has 2 nitrogen and oxygen atoms in total. The van der Waals surface area contributed by atoms with Gasteiger partial charge in [-0.05, 0) is 19.8 Å². The Kier molecular flexibility index (Phi) is 22.7. The van der Waals surface area contributed by atoms with Gasteiger partial charge in [0.1, 0.15) is 5.82 Å². The van der Waals surface area contributed by atoms with Crippen molar-refractivity contribution in [3.8, 4) is 0 Å². The zero-order valence-corrected chi connectivity index (χ0v) is 25.4. The van der Waals surface area contributed by atoms with Crippen LogP contribution in [0.15, 0.2) is 12.4 Å². The lowest BCUT2D eigenvalue weighted by Gasteiger charge is -2.20. The van der Waals surface area contributed by atoms with Crippen LogP contribution in [0.4, 0.5) is 0 Å². The molecular formula is C34H66N2. The molecule has 0 N–H and O–H groups in total. The summed E-state index contributed by atoms with van der Waals surface area (Å²) < 4.78 is 2.49. The molecule has 0 aliphatic rings. The molecule has 2 unspecified atom stereocenters. The van der Waals surface area contributed by atoms with E-state index in [0.717, 1.165) is 0 Å². The molecule has 0 radical (unpaired) electrons. The summed E-state index contributed by atoms with van der Waals surface area (Å²) in [5.74, 6) is 1.91. The monoisotopic (exact) mass is 503 g/mol. The molecule has 1 rings (SSSR count). The van der Waals surface area contributed by atoms with Crippen molar-refractivity contribution in [3.05, 3.63) is 18.2 Å². The highest BCUT2D eigenvalue weighted by Gasteiger charge is 2.15. The van der Waals surface area contributed by atoms with Gasteiger partial charge in [0, 0.05) is 24.4 Å². The van der Waals surface area contributed by atoms with E-state index in [2.05, 4.69) is 38.5 Å². The SMILES string of the molecule is CCCCCCCCCCCCCCCCC(C)c1nccn1C(C)CCCCCCCCCCC. The molecule has 2 atom stereocenters. The van der Waals surface area contributed by atoms with Crippen molar-refractivity contribution in [2.24, 2.45) is 0 Å². The fraction of sp³-hybridized carbons (Fsp3) is 0.912. The molecule has 0 saturated carbocycles. The minimum Gasteiger partial charge on any atom is -0.332 e. The van der Waals surface area contributed by atoms with E-state index in [0.29, 0.717) is 12.0 Å². The molecule has 1 heterocycles. The number of hydrogen-bond donors (Lipinski definition) is 0. The number of imidazole rings is 1. The minimum atomic E-state index is 0.586. The molecule has 0 aliphatic heterocycles. The van der Waals surface area contributed by atoms with Crippen LogP contribution in [0.1, 0.15) is 206 Å². The van der Waals surface area contributed by atoms with E-state index in [1.165, 1.54) is 166 Å². The minimum absolute atomic E-state index is 0.586. The highest BCUT2D eigenvalue weighted by Crippen LogP contribution is 2.26. The maximum Gasteiger partial charge on any atom is 0.111 e. The Bertz CT molecular complexity index is 563. The second kappa shape index (κ2) is 24.5. The van der Waals surface area contributed by atoms with Gasteiger partial charge in [-0.3, -0.25) is 0 Å². The van der Waals surface area contributed by atoms with Crippen LogP contribution in [0.3, 0.4) is 0 Å². The van der Waals surface area contributed by atoms with Crippen molar-refractivity contribution in [2.75, 3.05) is 0 Å². The van der Waals surface area contributed by atoms with Crippen molar-refractivity contribution >= 4 is 0 Å². The first kappa shape index (κ1) is 33.2. The molecule has 0 amide bonds. The predicted molar refractivity (Wildman–Crippen MR) is 162 cm³/mol. The van der Waals surface area contributed by atoms with Gasteiger partial charge in [0.05, 0.1) is 0 Å². The summed E-state index contributed by atoms with van der Waals surface area (Å²) in [7, 11) is 0. The average Bonchev–Trinajstić information content (AvgIpc) is 3.38. The molecule has 0 aromatic carbocycles. The maximum absolute atomic E-state index is 4.78. The Hall–Kier alpha value is -0.790. The largest absolute Gasteiger partial charge is 0.332 e. The van der Waals surface area contributed by atoms with E-state index >= 15 is 0 Å². The summed E-state index contributed by atoms with van der Waals surface area (Å²) >= 11 is 0. The van der Waals surface area contributed by atoms with Crippen LogP contribution < -0.4 is 0 Å². The second-order valence-corrected chi connectivity index (χ2v) is 11.9. The number of unbranched alkanes of at least 4 members (excludes halogenated alkanes) is 21. The lowest BCUT2D eigenvalue weighted by molar-refractivity contribution is 0.435. The zero-order valence-electron chi connectivity index (χ0n) is 25.4. The molecule has 0 saturated heterocycles. The van der Waals surface area contributed by atoms with Gasteiger partial charge in [-0.2, -0.15) is 0 Å². The number of nitrogens with zero attached hydrogens (tertiary/aromatic N) is 2. The summed E-state index contributed by atoms with van der Waals surface area (Å²) in [6, 6.07) is 0.589. The lowest BCUT2D eigenvalue weighted by Crippen LogP contribution is -2.11. The number of aromatic nitrogens is 2. The van der Waals surface area contributed by atoms with Crippen molar-refractivity contribution in [1.82, 2.24) is 9.55 Å². The molecule has 212 valence electrons. The first-order chi connectivity index (χ1) is 17.7. The summed E-state index contributed by atoms with van der Waals surface area (Å²) in [5.41, 5.74) is 0. The van der Waals surface area contributed by atoms with Gasteiger partial charge in [-0.25, -0.2) is 4.98 Å². The topological polar surface area (TPSA) is 17.8 Å². The van der Waals surface area contributed by atoms with Crippen molar-refractivity contribution in [1.29, 1.82) is 0 Å². The van der Waals surface area contributed by atoms with Gasteiger partial charge in [-0.1, -0.05) is 168 Å². The van der Waals surface area contributed by atoms with E-state index in [-0.39, 0.29) is 0 Å². The third-order valence-corrected chi connectivity index (χ3v) is 8.33. The van der Waals surface area contributed by atoms with Gasteiger partial charge in [-0.15, -0.1) is 0 Å². The van der Waals surface area contributed by atoms with Gasteiger partial charge in [0.15, 0.2) is 0 Å². The molecule has 1 aromatic rings. The Balaban J connectivity index is 2.03. The Morgan fingerprint density at radius 3 is 1.31 bits per heavy atom. The fourth-order valence-electron chi connectivity index (χ4n) is 5.74. The van der Waals surface area contributed by atoms with E-state index < -0.39 is 0 Å². The van der Waals surface area contributed by atoms with Crippen LogP contribution >= 0.6 is 0 Å². The van der Waals surface area contributed by atoms with Crippen LogP contribution in [0.25, 0.3) is 0 Å². The van der Waals surface area contributed by atoms with E-state index in [9.17, 15) is 0 Å². The predicted octanol–water partition coefficient (Wildman–Crippen LogP) is 12.3. The molecule has 0 fully saturated rings. The quantitative estimate of drug-likeness (QED) is 0.109. The van der Waals surface area contributed by atoms with Crippen LogP contribution in [0.2, 0.25) is 0 Å². The van der Waals surface area contributed by atoms with E-state index in [1.54, 1.807) is 0 Å². The maximum atomic E-state index is 4.78. The fourth-order valence-corrected chi connectivity index (χ4v) is 5.74. The van der Waals surface area contributed by atoms with Crippen LogP contribution in [0, 0.1) is 0 Å². The third-order valence-electron chi connectivity index (χ3n) is 8.33. The highest BCUT2D eigenvalue weighted by molar-refractivity contribution is 5.00. The average molecular weight is 503 g/mol. The summed E-state index contributed by atoms with van der Waals surface area (Å²) in [4.78, 5) is 4.78. The Morgan fingerprint density at radius 2 is 0.889 bits per heavy atom. The molecule has 0 bridgehead atoms. The zero-order chi connectivity index (χ0) is 26.1. The van der Waals surface area contributed by atoms with Crippen molar-refractivity contribution in [3.63, 3.8) is 0 Å². The van der Waals surface area contributed by atoms with Crippen molar-refractivity contribution < 1.29 is 0 Å². The molecule has 0 aliphatic carbocycles. The highest BCUT2D eigenvalue weighted by atomic mass is 15.1. The summed E-state index contributed by atoms with van der Waals surface area (Å²) in [6.45, 7) is 9.40. The van der Waals surface area contributed by atoms with Gasteiger partial charge in [0.25, 0.3) is 0 Å². The molecule has 2 heteroatoms. The number of rotatable bonds is 27. The van der Waals surface area contributed by atoms with E-state index in [4.69, 9.17) is 4.98 Å². The molecule has 0 spiro atoms. The first-order valence-corrected chi connectivity index (χ1v) is 16.7. The normalized spacial score (nSPS) is 13.3. The number of hydrogen-bond acceptors (Lipinski definition) is 1. The van der Waals surface area contributed by atoms with Crippen LogP contribution in [-0.4, -0.2) is 9.55 Å². The molecular weight excluding hydrogens is 436 g/mol. The van der Waals surface area contributed by atoms with Gasteiger partial charge < -0.3 is 4.57 Å². The first-order valence-electron chi connectivity index (χ1n) is 16.7. The van der Waals surface area contributed by atoms with Gasteiger partial charge in [0.2, 0.25) is 0 Å². The summed E-state index contributed by atoms with van der Waals surface area (Å²) in [6.07, 6.45) is 39.7. The van der Waals surface area contributed by atoms with Gasteiger partial charge >= 0.3 is 0 Å². The summed E-state index contributed by atoms with van der Waals surface area (Å²) in [5, 5.41) is 0. The van der Waals surface area contributed by atoms with E-state index in [1.807, 2.05) is 6.20 Å². The molecule has 36 heavy (non-hydrogen) atoms. The smallest absolute Gasteiger partial charge is 0.111 e. The Morgan fingerprint density at radius 1 is 0.528 bits per heavy atom. The lowest BCUT2D eigenvalue weighted by atomic mass is 9.99. The standard InChI is InChI=1S/C34H66N2/c1-5-7-9-11-13-15-16-17-18-19-21-22-24-26-28-32(3)34-35-30-31-36(34)33(4)29-27-25-23-20-14-12-10-8-6-2/h30-33H,5-29H2,1-4H3. The molecule has 1 aromatic heterocycles. The van der Waals surface area contributed by atoms with Crippen molar-refractivity contribution in [2.45, 2.75) is 200 Å². The van der Waals surface area contributed by atoms with Crippen LogP contribution in [-0.2, 0) is 0 Å².